The topological polar surface area (TPSA) is 149 Å². The summed E-state index contributed by atoms with van der Waals surface area (Å²) in [6.07, 6.45) is -4.70. The zero-order valence-electron chi connectivity index (χ0n) is 17.2. The van der Waals surface area contributed by atoms with Crippen molar-refractivity contribution in [2.45, 2.75) is 18.2 Å². The lowest BCUT2D eigenvalue weighted by Crippen LogP contribution is -2.35. The van der Waals surface area contributed by atoms with Crippen LogP contribution in [0.15, 0.2) is 40.9 Å². The van der Waals surface area contributed by atoms with Crippen LogP contribution in [0.2, 0.25) is 0 Å². The Morgan fingerprint density at radius 3 is 2.45 bits per heavy atom. The molecule has 5 N–H and O–H groups in total. The number of likely N-dealkylation sites (N-methyl/N-ethyl adjacent to an activating group) is 1. The van der Waals surface area contributed by atoms with Crippen molar-refractivity contribution in [3.8, 4) is 22.5 Å². The monoisotopic (exact) mass is 461 g/mol. The number of benzene rings is 1. The molecule has 0 bridgehead atoms. The molecule has 33 heavy (non-hydrogen) atoms. The van der Waals surface area contributed by atoms with Gasteiger partial charge in [0.2, 0.25) is 5.60 Å². The summed E-state index contributed by atoms with van der Waals surface area (Å²) in [5, 5.41) is 14.6. The molecule has 1 aliphatic heterocycles. The Bertz CT molecular complexity index is 1270. The van der Waals surface area contributed by atoms with Gasteiger partial charge in [-0.25, -0.2) is 4.98 Å². The Morgan fingerprint density at radius 2 is 1.88 bits per heavy atom. The number of hydrogen-bond donors (Lipinski definition) is 3. The number of anilines is 1. The fourth-order valence-corrected chi connectivity index (χ4v) is 3.65. The predicted octanol–water partition coefficient (Wildman–Crippen LogP) is 2.15. The number of carbonyl (C=O) groups excluding carboxylic acids is 2. The van der Waals surface area contributed by atoms with Gasteiger partial charge in [0.1, 0.15) is 5.69 Å². The van der Waals surface area contributed by atoms with E-state index < -0.39 is 40.5 Å². The van der Waals surface area contributed by atoms with Gasteiger partial charge in [-0.3, -0.25) is 9.59 Å². The van der Waals surface area contributed by atoms with Gasteiger partial charge in [0, 0.05) is 37.2 Å². The summed E-state index contributed by atoms with van der Waals surface area (Å²) < 4.78 is 45.5. The number of alkyl halides is 3. The first-order chi connectivity index (χ1) is 15.4. The Kier molecular flexibility index (Phi) is 5.12. The predicted molar refractivity (Wildman–Crippen MR) is 109 cm³/mol. The molecule has 1 fully saturated rings. The molecule has 1 saturated heterocycles. The van der Waals surface area contributed by atoms with Crippen molar-refractivity contribution in [1.82, 2.24) is 15.0 Å². The second-order valence-corrected chi connectivity index (χ2v) is 7.67. The smallest absolute Gasteiger partial charge is 0.396 e. The van der Waals surface area contributed by atoms with Crippen LogP contribution in [0.5, 0.6) is 0 Å². The quantitative estimate of drug-likeness (QED) is 0.539. The van der Waals surface area contributed by atoms with Crippen LogP contribution in [-0.4, -0.2) is 45.6 Å². The molecule has 3 heterocycles. The summed E-state index contributed by atoms with van der Waals surface area (Å²) in [5.74, 6) is -1.77. The normalized spacial score (nSPS) is 18.7. The maximum atomic E-state index is 13.4. The summed E-state index contributed by atoms with van der Waals surface area (Å²) in [6, 6.07) is 8.22. The molecule has 172 valence electrons. The van der Waals surface area contributed by atoms with E-state index in [2.05, 4.69) is 10.1 Å². The molecule has 9 nitrogen and oxygen atoms in total. The number of halogens is 3. The van der Waals surface area contributed by atoms with Crippen LogP contribution in [-0.2, 0) is 16.6 Å². The van der Waals surface area contributed by atoms with Crippen molar-refractivity contribution in [3.63, 3.8) is 0 Å². The molecular weight excluding hydrogens is 443 g/mol. The van der Waals surface area contributed by atoms with Gasteiger partial charge in [-0.1, -0.05) is 23.4 Å². The number of nitrogens with zero attached hydrogens (tertiary/aromatic N) is 3. The molecule has 2 amide bonds. The van der Waals surface area contributed by atoms with Crippen LogP contribution in [0, 0.1) is 0 Å². The van der Waals surface area contributed by atoms with Gasteiger partial charge in [-0.15, -0.1) is 0 Å². The van der Waals surface area contributed by atoms with Crippen LogP contribution in [0.1, 0.15) is 28.2 Å². The maximum Gasteiger partial charge on any atom is 0.418 e. The number of nitrogens with two attached hydrogens (primary N) is 2. The minimum absolute atomic E-state index is 0.0433. The molecular formula is C21H18F3N5O4. The third-order valence-corrected chi connectivity index (χ3v) is 5.48. The Hall–Kier alpha value is -3.93. The van der Waals surface area contributed by atoms with E-state index in [0.29, 0.717) is 12.1 Å². The highest BCUT2D eigenvalue weighted by molar-refractivity contribution is 5.97. The second-order valence-electron chi connectivity index (χ2n) is 7.67. The SMILES string of the molecule is CN1CC[C@@](O)(c2cc(-c3cccc(-c4cc(C(F)(F)F)c(N)c(C(N)=O)n4)c3)no2)C1=O. The fraction of sp³-hybridized carbons (Fsp3) is 0.238. The van der Waals surface area contributed by atoms with Crippen molar-refractivity contribution in [2.24, 2.45) is 5.73 Å². The summed E-state index contributed by atoms with van der Waals surface area (Å²) in [4.78, 5) is 29.2. The number of nitrogen functional groups attached to an aromatic ring is 1. The van der Waals surface area contributed by atoms with Gasteiger partial charge in [0.25, 0.3) is 11.8 Å². The molecule has 2 aromatic heterocycles. The average molecular weight is 461 g/mol. The van der Waals surface area contributed by atoms with Gasteiger partial charge >= 0.3 is 6.18 Å². The van der Waals surface area contributed by atoms with E-state index in [1.54, 1.807) is 13.1 Å². The van der Waals surface area contributed by atoms with Gasteiger partial charge in [0.15, 0.2) is 11.5 Å². The van der Waals surface area contributed by atoms with E-state index in [0.717, 1.165) is 6.07 Å². The number of amides is 2. The van der Waals surface area contributed by atoms with E-state index >= 15 is 0 Å². The van der Waals surface area contributed by atoms with Gasteiger partial charge < -0.3 is 26.0 Å². The van der Waals surface area contributed by atoms with Crippen LogP contribution in [0.25, 0.3) is 22.5 Å². The van der Waals surface area contributed by atoms with E-state index in [-0.39, 0.29) is 29.1 Å². The third kappa shape index (κ3) is 3.78. The van der Waals surface area contributed by atoms with E-state index in [1.165, 1.54) is 29.2 Å². The molecule has 0 aliphatic carbocycles. The molecule has 1 atom stereocenters. The number of rotatable bonds is 4. The van der Waals surface area contributed by atoms with Crippen LogP contribution >= 0.6 is 0 Å². The largest absolute Gasteiger partial charge is 0.418 e. The van der Waals surface area contributed by atoms with Gasteiger partial charge in [-0.05, 0) is 12.1 Å². The number of carbonyl (C=O) groups is 2. The minimum Gasteiger partial charge on any atom is -0.396 e. The van der Waals surface area contributed by atoms with Gasteiger partial charge in [0.05, 0.1) is 16.9 Å². The molecule has 0 spiro atoms. The number of aliphatic hydroxyl groups is 1. The molecule has 0 radical (unpaired) electrons. The highest BCUT2D eigenvalue weighted by Gasteiger charge is 2.48. The van der Waals surface area contributed by atoms with Crippen molar-refractivity contribution in [3.05, 3.63) is 53.4 Å². The lowest BCUT2D eigenvalue weighted by Gasteiger charge is -2.16. The van der Waals surface area contributed by atoms with Crippen molar-refractivity contribution >= 4 is 17.5 Å². The molecule has 3 aromatic rings. The standard InChI is InChI=1S/C21H18F3N5O4/c1-29-6-5-20(32,19(29)31)15-9-14(28-33-15)11-4-2-3-10(7-11)13-8-12(21(22,23)24)16(25)17(27-13)18(26)30/h2-4,7-9,32H,5-6,25H2,1H3,(H2,26,30)/t20-/m1/s1. The van der Waals surface area contributed by atoms with Crippen LogP contribution < -0.4 is 11.5 Å². The lowest BCUT2D eigenvalue weighted by atomic mass is 9.97. The zero-order chi connectivity index (χ0) is 24.1. The number of primary amides is 1. The summed E-state index contributed by atoms with van der Waals surface area (Å²) in [5.41, 5.74) is 6.72. The Morgan fingerprint density at radius 1 is 1.21 bits per heavy atom. The summed E-state index contributed by atoms with van der Waals surface area (Å²) >= 11 is 0. The molecule has 1 aromatic carbocycles. The maximum absolute atomic E-state index is 13.4. The molecule has 0 unspecified atom stereocenters. The average Bonchev–Trinajstić information content (AvgIpc) is 3.35. The molecule has 1 aliphatic rings. The number of aromatic nitrogens is 2. The molecule has 0 saturated carbocycles. The fourth-order valence-electron chi connectivity index (χ4n) is 3.65. The van der Waals surface area contributed by atoms with Crippen LogP contribution in [0.4, 0.5) is 18.9 Å². The summed E-state index contributed by atoms with van der Waals surface area (Å²) in [6.45, 7) is 0.341. The number of likely N-dealkylation sites (tertiary alicyclic amines) is 1. The van der Waals surface area contributed by atoms with E-state index in [1.807, 2.05) is 0 Å². The van der Waals surface area contributed by atoms with Crippen molar-refractivity contribution in [1.29, 1.82) is 0 Å². The number of hydrogen-bond acceptors (Lipinski definition) is 7. The highest BCUT2D eigenvalue weighted by atomic mass is 19.4. The first-order valence-electron chi connectivity index (χ1n) is 9.65. The van der Waals surface area contributed by atoms with Crippen LogP contribution in [0.3, 0.4) is 0 Å². The first-order valence-corrected chi connectivity index (χ1v) is 9.65. The highest BCUT2D eigenvalue weighted by Crippen LogP contribution is 2.38. The molecule has 12 heteroatoms. The van der Waals surface area contributed by atoms with Gasteiger partial charge in [-0.2, -0.15) is 13.2 Å². The summed E-state index contributed by atoms with van der Waals surface area (Å²) in [7, 11) is 1.55. The van der Waals surface area contributed by atoms with E-state index in [4.69, 9.17) is 16.0 Å². The lowest BCUT2D eigenvalue weighted by molar-refractivity contribution is -0.144. The second kappa shape index (κ2) is 7.59. The molecule has 4 rings (SSSR count). The Balaban J connectivity index is 1.76. The van der Waals surface area contributed by atoms with Crippen molar-refractivity contribution < 1.29 is 32.4 Å². The third-order valence-electron chi connectivity index (χ3n) is 5.48. The number of pyridine rings is 1. The Labute approximate surface area is 184 Å². The van der Waals surface area contributed by atoms with E-state index in [9.17, 15) is 27.9 Å². The first kappa shape index (κ1) is 22.3. The van der Waals surface area contributed by atoms with Crippen molar-refractivity contribution in [2.75, 3.05) is 19.3 Å². The zero-order valence-corrected chi connectivity index (χ0v) is 17.2. The minimum atomic E-state index is -4.83.